The van der Waals surface area contributed by atoms with Crippen molar-refractivity contribution in [3.63, 3.8) is 0 Å². The molecule has 1 aliphatic carbocycles. The number of halogens is 1. The normalized spacial score (nSPS) is 15.3. The third-order valence-electron chi connectivity index (χ3n) is 3.67. The SMILES string of the molecule is CC(C)N(Cc1ccc(B(O)O)cc1F)CC1CC1. The Morgan fingerprint density at radius 1 is 1.37 bits per heavy atom. The maximum absolute atomic E-state index is 13.9. The monoisotopic (exact) mass is 265 g/mol. The average molecular weight is 265 g/mol. The molecule has 0 bridgehead atoms. The fraction of sp³-hybridized carbons (Fsp3) is 0.571. The first-order valence-electron chi connectivity index (χ1n) is 6.86. The summed E-state index contributed by atoms with van der Waals surface area (Å²) < 4.78 is 13.9. The Hall–Kier alpha value is -0.905. The lowest BCUT2D eigenvalue weighted by atomic mass is 9.80. The smallest absolute Gasteiger partial charge is 0.423 e. The van der Waals surface area contributed by atoms with Crippen LogP contribution in [0.4, 0.5) is 4.39 Å². The summed E-state index contributed by atoms with van der Waals surface area (Å²) in [4.78, 5) is 2.27. The van der Waals surface area contributed by atoms with Crippen LogP contribution in [-0.4, -0.2) is 34.7 Å². The van der Waals surface area contributed by atoms with Crippen LogP contribution < -0.4 is 5.46 Å². The topological polar surface area (TPSA) is 43.7 Å². The fourth-order valence-corrected chi connectivity index (χ4v) is 2.16. The van der Waals surface area contributed by atoms with Gasteiger partial charge < -0.3 is 10.0 Å². The van der Waals surface area contributed by atoms with E-state index in [0.29, 0.717) is 18.2 Å². The lowest BCUT2D eigenvalue weighted by Crippen LogP contribution is -2.34. The van der Waals surface area contributed by atoms with Crippen LogP contribution in [0, 0.1) is 11.7 Å². The van der Waals surface area contributed by atoms with Gasteiger partial charge in [0.15, 0.2) is 0 Å². The van der Waals surface area contributed by atoms with Gasteiger partial charge in [0.25, 0.3) is 0 Å². The molecule has 1 aromatic carbocycles. The minimum atomic E-state index is -1.61. The molecular formula is C14H21BFNO2. The third-order valence-corrected chi connectivity index (χ3v) is 3.67. The fourth-order valence-electron chi connectivity index (χ4n) is 2.16. The molecule has 0 unspecified atom stereocenters. The molecular weight excluding hydrogens is 244 g/mol. The minimum absolute atomic E-state index is 0.194. The van der Waals surface area contributed by atoms with Gasteiger partial charge in [-0.2, -0.15) is 0 Å². The van der Waals surface area contributed by atoms with Gasteiger partial charge in [-0.3, -0.25) is 4.90 Å². The van der Waals surface area contributed by atoms with E-state index >= 15 is 0 Å². The van der Waals surface area contributed by atoms with Crippen LogP contribution in [0.15, 0.2) is 18.2 Å². The number of benzene rings is 1. The summed E-state index contributed by atoms with van der Waals surface area (Å²) in [6, 6.07) is 4.80. The molecule has 0 saturated heterocycles. The highest BCUT2D eigenvalue weighted by Crippen LogP contribution is 2.30. The number of hydrogen-bond donors (Lipinski definition) is 2. The molecule has 0 aliphatic heterocycles. The van der Waals surface area contributed by atoms with Gasteiger partial charge in [0.1, 0.15) is 5.82 Å². The van der Waals surface area contributed by atoms with Crippen LogP contribution in [0.3, 0.4) is 0 Å². The number of hydrogen-bond acceptors (Lipinski definition) is 3. The second-order valence-corrected chi connectivity index (χ2v) is 5.69. The van der Waals surface area contributed by atoms with E-state index in [1.165, 1.54) is 18.9 Å². The largest absolute Gasteiger partial charge is 0.488 e. The number of rotatable bonds is 6. The molecule has 0 spiro atoms. The van der Waals surface area contributed by atoms with Crippen molar-refractivity contribution in [2.45, 2.75) is 39.3 Å². The summed E-state index contributed by atoms with van der Waals surface area (Å²) in [5.74, 6) is 0.399. The van der Waals surface area contributed by atoms with Crippen molar-refractivity contribution in [2.24, 2.45) is 5.92 Å². The van der Waals surface area contributed by atoms with Crippen molar-refractivity contribution in [2.75, 3.05) is 6.54 Å². The summed E-state index contributed by atoms with van der Waals surface area (Å²) in [6.07, 6.45) is 2.56. The Morgan fingerprint density at radius 3 is 2.53 bits per heavy atom. The average Bonchev–Trinajstić information content (AvgIpc) is 3.14. The van der Waals surface area contributed by atoms with Crippen LogP contribution in [0.2, 0.25) is 0 Å². The van der Waals surface area contributed by atoms with E-state index in [2.05, 4.69) is 18.7 Å². The van der Waals surface area contributed by atoms with Crippen LogP contribution in [0.1, 0.15) is 32.3 Å². The van der Waals surface area contributed by atoms with E-state index in [1.807, 2.05) is 0 Å². The predicted molar refractivity (Wildman–Crippen MR) is 74.5 cm³/mol. The third kappa shape index (κ3) is 4.03. The molecule has 3 nitrogen and oxygen atoms in total. The summed E-state index contributed by atoms with van der Waals surface area (Å²) in [6.45, 7) is 5.82. The number of nitrogens with zero attached hydrogens (tertiary/aromatic N) is 1. The van der Waals surface area contributed by atoms with Crippen molar-refractivity contribution in [1.29, 1.82) is 0 Å². The van der Waals surface area contributed by atoms with Gasteiger partial charge in [-0.15, -0.1) is 0 Å². The van der Waals surface area contributed by atoms with Crippen molar-refractivity contribution >= 4 is 12.6 Å². The molecule has 2 rings (SSSR count). The Bertz CT molecular complexity index is 435. The lowest BCUT2D eigenvalue weighted by Gasteiger charge is -2.26. The molecule has 0 amide bonds. The standard InChI is InChI=1S/C14H21BFNO2/c1-10(2)17(8-11-3-4-11)9-12-5-6-13(15(18)19)7-14(12)16/h5-7,10-11,18-19H,3-4,8-9H2,1-2H3. The highest BCUT2D eigenvalue weighted by molar-refractivity contribution is 6.58. The quantitative estimate of drug-likeness (QED) is 0.758. The van der Waals surface area contributed by atoms with Crippen LogP contribution in [0.5, 0.6) is 0 Å². The molecule has 0 heterocycles. The maximum atomic E-state index is 13.9. The van der Waals surface area contributed by atoms with Gasteiger partial charge in [0.05, 0.1) is 0 Å². The summed E-state index contributed by atoms with van der Waals surface area (Å²) in [5, 5.41) is 18.0. The highest BCUT2D eigenvalue weighted by Gasteiger charge is 2.26. The molecule has 1 aliphatic rings. The Morgan fingerprint density at radius 2 is 2.05 bits per heavy atom. The van der Waals surface area contributed by atoms with Gasteiger partial charge in [-0.05, 0) is 44.1 Å². The van der Waals surface area contributed by atoms with E-state index in [0.717, 1.165) is 12.5 Å². The molecule has 19 heavy (non-hydrogen) atoms. The summed E-state index contributed by atoms with van der Waals surface area (Å²) in [5.41, 5.74) is 0.804. The van der Waals surface area contributed by atoms with E-state index in [9.17, 15) is 4.39 Å². The lowest BCUT2D eigenvalue weighted by molar-refractivity contribution is 0.201. The molecule has 1 aromatic rings. The summed E-state index contributed by atoms with van der Waals surface area (Å²) in [7, 11) is -1.61. The van der Waals surface area contributed by atoms with E-state index in [4.69, 9.17) is 10.0 Å². The van der Waals surface area contributed by atoms with Crippen molar-refractivity contribution < 1.29 is 14.4 Å². The second kappa shape index (κ2) is 6.03. The molecule has 1 fully saturated rings. The first-order chi connectivity index (χ1) is 8.97. The van der Waals surface area contributed by atoms with Crippen molar-refractivity contribution in [1.82, 2.24) is 4.90 Å². The molecule has 2 N–H and O–H groups in total. The zero-order chi connectivity index (χ0) is 14.0. The molecule has 5 heteroatoms. The van der Waals surface area contributed by atoms with Gasteiger partial charge in [-0.1, -0.05) is 12.1 Å². The zero-order valence-corrected chi connectivity index (χ0v) is 11.5. The highest BCUT2D eigenvalue weighted by atomic mass is 19.1. The molecule has 0 radical (unpaired) electrons. The molecule has 104 valence electrons. The van der Waals surface area contributed by atoms with Crippen LogP contribution >= 0.6 is 0 Å². The molecule has 0 aromatic heterocycles. The molecule has 1 saturated carbocycles. The first-order valence-corrected chi connectivity index (χ1v) is 6.86. The van der Waals surface area contributed by atoms with E-state index in [-0.39, 0.29) is 11.3 Å². The minimum Gasteiger partial charge on any atom is -0.423 e. The Balaban J connectivity index is 2.07. The van der Waals surface area contributed by atoms with Gasteiger partial charge in [0.2, 0.25) is 0 Å². The Kier molecular flexibility index (Phi) is 4.60. The molecule has 0 atom stereocenters. The second-order valence-electron chi connectivity index (χ2n) is 5.69. The maximum Gasteiger partial charge on any atom is 0.488 e. The van der Waals surface area contributed by atoms with Crippen molar-refractivity contribution in [3.8, 4) is 0 Å². The Labute approximate surface area is 114 Å². The zero-order valence-electron chi connectivity index (χ0n) is 11.5. The van der Waals surface area contributed by atoms with Gasteiger partial charge >= 0.3 is 7.12 Å². The van der Waals surface area contributed by atoms with Crippen LogP contribution in [-0.2, 0) is 6.54 Å². The van der Waals surface area contributed by atoms with Gasteiger partial charge in [-0.25, -0.2) is 4.39 Å². The van der Waals surface area contributed by atoms with Crippen LogP contribution in [0.25, 0.3) is 0 Å². The predicted octanol–water partition coefficient (Wildman–Crippen LogP) is 1.13. The summed E-state index contributed by atoms with van der Waals surface area (Å²) >= 11 is 0. The first kappa shape index (κ1) is 14.5. The van der Waals surface area contributed by atoms with Gasteiger partial charge in [0, 0.05) is 24.7 Å². The van der Waals surface area contributed by atoms with Crippen molar-refractivity contribution in [3.05, 3.63) is 29.6 Å². The van der Waals surface area contributed by atoms with E-state index < -0.39 is 7.12 Å². The van der Waals surface area contributed by atoms with E-state index in [1.54, 1.807) is 12.1 Å².